The molecule has 0 bridgehead atoms. The van der Waals surface area contributed by atoms with Gasteiger partial charge in [-0.25, -0.2) is 0 Å². The van der Waals surface area contributed by atoms with E-state index in [2.05, 4.69) is 10.6 Å². The van der Waals surface area contributed by atoms with Gasteiger partial charge in [-0.15, -0.1) is 0 Å². The van der Waals surface area contributed by atoms with E-state index in [-0.39, 0.29) is 30.4 Å². The van der Waals surface area contributed by atoms with Crippen molar-refractivity contribution in [3.05, 3.63) is 65.7 Å². The standard InChI is InChI=1S/C21H24N2O3/c1-15(2)14-22-21(26)17-10-6-7-11-18(17)23-20(25)13-12-19(24)16-8-4-3-5-9-16/h3-11,15H,12-14H2,1-2H3,(H,22,26)(H,23,25). The Hall–Kier alpha value is -2.95. The first-order valence-electron chi connectivity index (χ1n) is 8.72. The van der Waals surface area contributed by atoms with Crippen molar-refractivity contribution in [2.75, 3.05) is 11.9 Å². The summed E-state index contributed by atoms with van der Waals surface area (Å²) in [7, 11) is 0. The van der Waals surface area contributed by atoms with Gasteiger partial charge in [0.25, 0.3) is 5.91 Å². The van der Waals surface area contributed by atoms with E-state index in [0.717, 1.165) is 0 Å². The van der Waals surface area contributed by atoms with Gasteiger partial charge in [-0.05, 0) is 18.1 Å². The molecule has 136 valence electrons. The van der Waals surface area contributed by atoms with Gasteiger partial charge in [-0.1, -0.05) is 56.3 Å². The topological polar surface area (TPSA) is 75.3 Å². The lowest BCUT2D eigenvalue weighted by atomic mass is 10.1. The highest BCUT2D eigenvalue weighted by atomic mass is 16.2. The summed E-state index contributed by atoms with van der Waals surface area (Å²) in [5.41, 5.74) is 1.45. The Morgan fingerprint density at radius 3 is 2.23 bits per heavy atom. The number of hydrogen-bond donors (Lipinski definition) is 2. The van der Waals surface area contributed by atoms with Crippen LogP contribution >= 0.6 is 0 Å². The van der Waals surface area contributed by atoms with E-state index in [1.54, 1.807) is 48.5 Å². The number of hydrogen-bond acceptors (Lipinski definition) is 3. The summed E-state index contributed by atoms with van der Waals surface area (Å²) in [6, 6.07) is 15.7. The molecule has 2 amide bonds. The maximum atomic E-state index is 12.3. The molecular weight excluding hydrogens is 328 g/mol. The highest BCUT2D eigenvalue weighted by Crippen LogP contribution is 2.16. The lowest BCUT2D eigenvalue weighted by Crippen LogP contribution is -2.28. The molecule has 0 aliphatic rings. The van der Waals surface area contributed by atoms with Crippen molar-refractivity contribution >= 4 is 23.3 Å². The zero-order valence-electron chi connectivity index (χ0n) is 15.1. The van der Waals surface area contributed by atoms with Crippen LogP contribution in [0.15, 0.2) is 54.6 Å². The zero-order chi connectivity index (χ0) is 18.9. The van der Waals surface area contributed by atoms with E-state index < -0.39 is 0 Å². The van der Waals surface area contributed by atoms with E-state index in [1.165, 1.54) is 0 Å². The molecule has 0 saturated heterocycles. The fourth-order valence-corrected chi connectivity index (χ4v) is 2.39. The largest absolute Gasteiger partial charge is 0.352 e. The zero-order valence-corrected chi connectivity index (χ0v) is 15.1. The fourth-order valence-electron chi connectivity index (χ4n) is 2.39. The minimum atomic E-state index is -0.293. The molecule has 5 heteroatoms. The van der Waals surface area contributed by atoms with Crippen LogP contribution in [0.1, 0.15) is 47.4 Å². The Morgan fingerprint density at radius 2 is 1.54 bits per heavy atom. The van der Waals surface area contributed by atoms with Gasteiger partial charge in [0.15, 0.2) is 5.78 Å². The van der Waals surface area contributed by atoms with Crippen LogP contribution in [-0.2, 0) is 4.79 Å². The summed E-state index contributed by atoms with van der Waals surface area (Å²) in [5.74, 6) is -0.262. The second kappa shape index (κ2) is 9.51. The van der Waals surface area contributed by atoms with Gasteiger partial charge in [0.05, 0.1) is 11.3 Å². The van der Waals surface area contributed by atoms with Gasteiger partial charge in [-0.2, -0.15) is 0 Å². The minimum absolute atomic E-state index is 0.0652. The number of ketones is 1. The van der Waals surface area contributed by atoms with Gasteiger partial charge < -0.3 is 10.6 Å². The quantitative estimate of drug-likeness (QED) is 0.712. The van der Waals surface area contributed by atoms with E-state index in [1.807, 2.05) is 19.9 Å². The van der Waals surface area contributed by atoms with Crippen molar-refractivity contribution in [3.8, 4) is 0 Å². The Kier molecular flexibility index (Phi) is 7.09. The van der Waals surface area contributed by atoms with Gasteiger partial charge in [-0.3, -0.25) is 14.4 Å². The van der Waals surface area contributed by atoms with Crippen LogP contribution in [0.5, 0.6) is 0 Å². The van der Waals surface area contributed by atoms with Crippen molar-refractivity contribution in [3.63, 3.8) is 0 Å². The van der Waals surface area contributed by atoms with Gasteiger partial charge in [0.2, 0.25) is 5.91 Å². The van der Waals surface area contributed by atoms with Crippen LogP contribution in [0.4, 0.5) is 5.69 Å². The van der Waals surface area contributed by atoms with Crippen LogP contribution in [0.25, 0.3) is 0 Å². The molecule has 2 aromatic rings. The highest BCUT2D eigenvalue weighted by Gasteiger charge is 2.14. The Bertz CT molecular complexity index is 770. The van der Waals surface area contributed by atoms with E-state index in [0.29, 0.717) is 29.3 Å². The normalized spacial score (nSPS) is 10.4. The van der Waals surface area contributed by atoms with Crippen LogP contribution in [0.2, 0.25) is 0 Å². The summed E-state index contributed by atoms with van der Waals surface area (Å²) in [4.78, 5) is 36.6. The Morgan fingerprint density at radius 1 is 0.885 bits per heavy atom. The van der Waals surface area contributed by atoms with Crippen LogP contribution in [0.3, 0.4) is 0 Å². The number of anilines is 1. The van der Waals surface area contributed by atoms with Crippen molar-refractivity contribution < 1.29 is 14.4 Å². The number of amides is 2. The molecule has 0 heterocycles. The molecule has 0 radical (unpaired) electrons. The maximum Gasteiger partial charge on any atom is 0.253 e. The first-order chi connectivity index (χ1) is 12.5. The van der Waals surface area contributed by atoms with Crippen LogP contribution < -0.4 is 10.6 Å². The smallest absolute Gasteiger partial charge is 0.253 e. The molecule has 26 heavy (non-hydrogen) atoms. The molecule has 0 aliphatic heterocycles. The van der Waals surface area contributed by atoms with E-state index in [9.17, 15) is 14.4 Å². The molecule has 2 N–H and O–H groups in total. The molecule has 5 nitrogen and oxygen atoms in total. The fraction of sp³-hybridized carbons (Fsp3) is 0.286. The van der Waals surface area contributed by atoms with Crippen LogP contribution in [-0.4, -0.2) is 24.1 Å². The Balaban J connectivity index is 1.94. The molecule has 0 unspecified atom stereocenters. The van der Waals surface area contributed by atoms with E-state index in [4.69, 9.17) is 0 Å². The molecule has 2 rings (SSSR count). The van der Waals surface area contributed by atoms with Crippen molar-refractivity contribution in [2.45, 2.75) is 26.7 Å². The van der Waals surface area contributed by atoms with Crippen LogP contribution in [0, 0.1) is 5.92 Å². The number of nitrogens with one attached hydrogen (secondary N) is 2. The second-order valence-corrected chi connectivity index (χ2v) is 6.49. The predicted molar refractivity (Wildman–Crippen MR) is 102 cm³/mol. The molecule has 0 aliphatic carbocycles. The number of carbonyl (C=O) groups excluding carboxylic acids is 3. The molecular formula is C21H24N2O3. The highest BCUT2D eigenvalue weighted by molar-refractivity contribution is 6.05. The van der Waals surface area contributed by atoms with Crippen molar-refractivity contribution in [2.24, 2.45) is 5.92 Å². The summed E-state index contributed by atoms with van der Waals surface area (Å²) >= 11 is 0. The molecule has 0 atom stereocenters. The minimum Gasteiger partial charge on any atom is -0.352 e. The molecule has 0 spiro atoms. The average Bonchev–Trinajstić information content (AvgIpc) is 2.65. The number of para-hydroxylation sites is 1. The third-order valence-electron chi connectivity index (χ3n) is 3.79. The second-order valence-electron chi connectivity index (χ2n) is 6.49. The lowest BCUT2D eigenvalue weighted by molar-refractivity contribution is -0.116. The lowest BCUT2D eigenvalue weighted by Gasteiger charge is -2.12. The van der Waals surface area contributed by atoms with E-state index >= 15 is 0 Å². The first-order valence-corrected chi connectivity index (χ1v) is 8.72. The number of Topliss-reactive ketones (excluding diaryl/α,β-unsaturated/α-hetero) is 1. The third kappa shape index (κ3) is 5.84. The first kappa shape index (κ1) is 19.4. The monoisotopic (exact) mass is 352 g/mol. The van der Waals surface area contributed by atoms with Gasteiger partial charge >= 0.3 is 0 Å². The van der Waals surface area contributed by atoms with Crippen molar-refractivity contribution in [1.29, 1.82) is 0 Å². The third-order valence-corrected chi connectivity index (χ3v) is 3.79. The molecule has 2 aromatic carbocycles. The van der Waals surface area contributed by atoms with Gasteiger partial charge in [0.1, 0.15) is 0 Å². The SMILES string of the molecule is CC(C)CNC(=O)c1ccccc1NC(=O)CCC(=O)c1ccccc1. The summed E-state index contributed by atoms with van der Waals surface area (Å²) in [6.07, 6.45) is 0.188. The number of rotatable bonds is 8. The number of benzene rings is 2. The average molecular weight is 352 g/mol. The molecule has 0 fully saturated rings. The molecule has 0 saturated carbocycles. The summed E-state index contributed by atoms with van der Waals surface area (Å²) in [5, 5.41) is 5.57. The number of carbonyl (C=O) groups is 3. The summed E-state index contributed by atoms with van der Waals surface area (Å²) in [6.45, 7) is 4.59. The van der Waals surface area contributed by atoms with Gasteiger partial charge in [0, 0.05) is 24.9 Å². The maximum absolute atomic E-state index is 12.3. The molecule has 0 aromatic heterocycles. The predicted octanol–water partition coefficient (Wildman–Crippen LogP) is 3.67. The Labute approximate surface area is 153 Å². The summed E-state index contributed by atoms with van der Waals surface area (Å²) < 4.78 is 0. The van der Waals surface area contributed by atoms with Crippen molar-refractivity contribution in [1.82, 2.24) is 5.32 Å².